The molecule has 4 rings (SSSR count). The third-order valence-corrected chi connectivity index (χ3v) is 4.61. The van der Waals surface area contributed by atoms with Gasteiger partial charge in [0.05, 0.1) is 12.8 Å². The van der Waals surface area contributed by atoms with E-state index in [0.717, 1.165) is 53.5 Å². The molecule has 0 saturated heterocycles. The minimum atomic E-state index is 0.291. The van der Waals surface area contributed by atoms with Gasteiger partial charge in [0.1, 0.15) is 11.5 Å². The molecule has 6 heteroatoms. The Labute approximate surface area is 152 Å². The number of benzene rings is 1. The van der Waals surface area contributed by atoms with Crippen LogP contribution in [0.3, 0.4) is 0 Å². The van der Waals surface area contributed by atoms with Crippen LogP contribution in [-0.2, 0) is 19.5 Å². The van der Waals surface area contributed by atoms with Gasteiger partial charge in [-0.15, -0.1) is 0 Å². The van der Waals surface area contributed by atoms with Gasteiger partial charge in [0, 0.05) is 61.3 Å². The highest BCUT2D eigenvalue weighted by Crippen LogP contribution is 2.27. The number of rotatable bonds is 4. The molecule has 0 unspecified atom stereocenters. The molecule has 1 N–H and O–H groups in total. The lowest BCUT2D eigenvalue weighted by Gasteiger charge is -2.28. The quantitative estimate of drug-likeness (QED) is 0.782. The number of methoxy groups -OCH3 is 1. The largest absolute Gasteiger partial charge is 0.508 e. The Morgan fingerprint density at radius 1 is 1.23 bits per heavy atom. The molecule has 0 amide bonds. The molecule has 0 atom stereocenters. The lowest BCUT2D eigenvalue weighted by molar-refractivity contribution is 0.239. The molecule has 1 aliphatic heterocycles. The molecule has 1 aliphatic rings. The number of ether oxygens (including phenoxy) is 1. The SMILES string of the molecule is COc1ccc(O)c(CN2CCc3nc(-c4cccnc4)ncc3C2)c1. The Morgan fingerprint density at radius 3 is 2.96 bits per heavy atom. The van der Waals surface area contributed by atoms with Crippen molar-refractivity contribution in [1.29, 1.82) is 0 Å². The second-order valence-electron chi connectivity index (χ2n) is 6.36. The maximum atomic E-state index is 10.1. The zero-order chi connectivity index (χ0) is 17.9. The van der Waals surface area contributed by atoms with Gasteiger partial charge in [-0.2, -0.15) is 0 Å². The second-order valence-corrected chi connectivity index (χ2v) is 6.36. The summed E-state index contributed by atoms with van der Waals surface area (Å²) in [6.07, 6.45) is 6.29. The monoisotopic (exact) mass is 348 g/mol. The van der Waals surface area contributed by atoms with Crippen LogP contribution in [0, 0.1) is 0 Å². The lowest BCUT2D eigenvalue weighted by Crippen LogP contribution is -2.31. The minimum absolute atomic E-state index is 0.291. The van der Waals surface area contributed by atoms with E-state index < -0.39 is 0 Å². The van der Waals surface area contributed by atoms with Gasteiger partial charge in [0.2, 0.25) is 0 Å². The van der Waals surface area contributed by atoms with Crippen molar-refractivity contribution in [2.24, 2.45) is 0 Å². The molecule has 3 aromatic rings. The Morgan fingerprint density at radius 2 is 2.15 bits per heavy atom. The Kier molecular flexibility index (Phi) is 4.50. The van der Waals surface area contributed by atoms with E-state index in [2.05, 4.69) is 14.9 Å². The van der Waals surface area contributed by atoms with Crippen LogP contribution >= 0.6 is 0 Å². The second kappa shape index (κ2) is 7.09. The molecule has 0 saturated carbocycles. The molecular weight excluding hydrogens is 328 g/mol. The average molecular weight is 348 g/mol. The van der Waals surface area contributed by atoms with E-state index in [9.17, 15) is 5.11 Å². The molecule has 0 aliphatic carbocycles. The lowest BCUT2D eigenvalue weighted by atomic mass is 10.1. The Balaban J connectivity index is 1.52. The summed E-state index contributed by atoms with van der Waals surface area (Å²) in [5.41, 5.74) is 4.01. The molecule has 6 nitrogen and oxygen atoms in total. The van der Waals surface area contributed by atoms with Gasteiger partial charge < -0.3 is 9.84 Å². The molecule has 0 fully saturated rings. The molecule has 0 spiro atoms. The maximum Gasteiger partial charge on any atom is 0.160 e. The van der Waals surface area contributed by atoms with Crippen molar-refractivity contribution in [3.63, 3.8) is 0 Å². The van der Waals surface area contributed by atoms with Crippen molar-refractivity contribution in [2.75, 3.05) is 13.7 Å². The molecule has 0 bridgehead atoms. The maximum absolute atomic E-state index is 10.1. The van der Waals surface area contributed by atoms with Gasteiger partial charge in [-0.1, -0.05) is 0 Å². The van der Waals surface area contributed by atoms with Crippen LogP contribution in [0.5, 0.6) is 11.5 Å². The third-order valence-electron chi connectivity index (χ3n) is 4.61. The third kappa shape index (κ3) is 3.36. The summed E-state index contributed by atoms with van der Waals surface area (Å²) in [6.45, 7) is 2.30. The predicted molar refractivity (Wildman–Crippen MR) is 97.7 cm³/mol. The highest BCUT2D eigenvalue weighted by molar-refractivity contribution is 5.53. The van der Waals surface area contributed by atoms with Gasteiger partial charge >= 0.3 is 0 Å². The number of phenolic OH excluding ortho intramolecular Hbond substituents is 1. The van der Waals surface area contributed by atoms with Gasteiger partial charge in [0.25, 0.3) is 0 Å². The van der Waals surface area contributed by atoms with Gasteiger partial charge in [-0.3, -0.25) is 9.88 Å². The number of nitrogens with zero attached hydrogens (tertiary/aromatic N) is 4. The molecular formula is C20H20N4O2. The van der Waals surface area contributed by atoms with Crippen LogP contribution in [0.15, 0.2) is 48.9 Å². The number of hydrogen-bond acceptors (Lipinski definition) is 6. The Hall–Kier alpha value is -2.99. The van der Waals surface area contributed by atoms with Crippen LogP contribution in [0.1, 0.15) is 16.8 Å². The Bertz CT molecular complexity index is 915. The number of aromatic nitrogens is 3. The van der Waals surface area contributed by atoms with Crippen molar-refractivity contribution < 1.29 is 9.84 Å². The van der Waals surface area contributed by atoms with E-state index in [1.54, 1.807) is 31.6 Å². The summed E-state index contributed by atoms with van der Waals surface area (Å²) in [5, 5.41) is 10.1. The van der Waals surface area contributed by atoms with Gasteiger partial charge in [-0.25, -0.2) is 9.97 Å². The van der Waals surface area contributed by atoms with E-state index >= 15 is 0 Å². The molecule has 132 valence electrons. The van der Waals surface area contributed by atoms with E-state index in [1.807, 2.05) is 24.4 Å². The standard InChI is InChI=1S/C20H20N4O2/c1-26-17-4-5-19(25)15(9-17)12-24-8-6-18-16(13-24)11-22-20(23-18)14-3-2-7-21-10-14/h2-5,7,9-11,25H,6,8,12-13H2,1H3. The van der Waals surface area contributed by atoms with Gasteiger partial charge in [0.15, 0.2) is 5.82 Å². The van der Waals surface area contributed by atoms with Crippen molar-refractivity contribution in [3.05, 3.63) is 65.7 Å². The minimum Gasteiger partial charge on any atom is -0.508 e. The summed E-state index contributed by atoms with van der Waals surface area (Å²) >= 11 is 0. The van der Waals surface area contributed by atoms with Crippen molar-refractivity contribution >= 4 is 0 Å². The number of pyridine rings is 1. The first-order valence-corrected chi connectivity index (χ1v) is 8.56. The fourth-order valence-corrected chi connectivity index (χ4v) is 3.20. The summed E-state index contributed by atoms with van der Waals surface area (Å²) in [4.78, 5) is 15.6. The average Bonchev–Trinajstić information content (AvgIpc) is 2.70. The van der Waals surface area contributed by atoms with Crippen LogP contribution in [0.4, 0.5) is 0 Å². The predicted octanol–water partition coefficient (Wildman–Crippen LogP) is 2.81. The normalized spacial score (nSPS) is 14.0. The van der Waals surface area contributed by atoms with Crippen LogP contribution < -0.4 is 4.74 Å². The topological polar surface area (TPSA) is 71.4 Å². The molecule has 0 radical (unpaired) electrons. The first-order valence-electron chi connectivity index (χ1n) is 8.56. The molecule has 2 aromatic heterocycles. The fraction of sp³-hybridized carbons (Fsp3) is 0.250. The summed E-state index contributed by atoms with van der Waals surface area (Å²) in [6, 6.07) is 9.18. The van der Waals surface area contributed by atoms with Crippen LogP contribution in [0.2, 0.25) is 0 Å². The molecule has 26 heavy (non-hydrogen) atoms. The summed E-state index contributed by atoms with van der Waals surface area (Å²) in [5.74, 6) is 1.76. The number of fused-ring (bicyclic) bond motifs is 1. The van der Waals surface area contributed by atoms with Crippen molar-refractivity contribution in [2.45, 2.75) is 19.5 Å². The van der Waals surface area contributed by atoms with Gasteiger partial charge in [-0.05, 0) is 30.3 Å². The zero-order valence-electron chi connectivity index (χ0n) is 14.6. The van der Waals surface area contributed by atoms with Crippen molar-refractivity contribution in [1.82, 2.24) is 19.9 Å². The highest BCUT2D eigenvalue weighted by atomic mass is 16.5. The summed E-state index contributed by atoms with van der Waals surface area (Å²) < 4.78 is 5.26. The van der Waals surface area contributed by atoms with E-state index in [1.165, 1.54) is 0 Å². The van der Waals surface area contributed by atoms with Crippen molar-refractivity contribution in [3.8, 4) is 22.9 Å². The number of aromatic hydroxyl groups is 1. The fourth-order valence-electron chi connectivity index (χ4n) is 3.20. The molecule has 1 aromatic carbocycles. The van der Waals surface area contributed by atoms with E-state index in [4.69, 9.17) is 9.72 Å². The van der Waals surface area contributed by atoms with Crippen LogP contribution in [0.25, 0.3) is 11.4 Å². The molecule has 3 heterocycles. The first kappa shape index (κ1) is 16.5. The zero-order valence-corrected chi connectivity index (χ0v) is 14.6. The highest BCUT2D eigenvalue weighted by Gasteiger charge is 2.20. The van der Waals surface area contributed by atoms with E-state index in [-0.39, 0.29) is 0 Å². The first-order chi connectivity index (χ1) is 12.7. The number of phenols is 1. The summed E-state index contributed by atoms with van der Waals surface area (Å²) in [7, 11) is 1.63. The number of hydrogen-bond donors (Lipinski definition) is 1. The van der Waals surface area contributed by atoms with Crippen LogP contribution in [-0.4, -0.2) is 38.6 Å². The van der Waals surface area contributed by atoms with E-state index in [0.29, 0.717) is 12.3 Å². The smallest absolute Gasteiger partial charge is 0.160 e.